The van der Waals surface area contributed by atoms with Crippen LogP contribution in [0, 0.1) is 0 Å². The summed E-state index contributed by atoms with van der Waals surface area (Å²) in [4.78, 5) is 0. The third-order valence-corrected chi connectivity index (χ3v) is 2.02. The van der Waals surface area contributed by atoms with Crippen LogP contribution in [0.1, 0.15) is 40.0 Å². The number of nitrogens with one attached hydrogen (secondary N) is 1. The molecule has 0 atom stereocenters. The van der Waals surface area contributed by atoms with Gasteiger partial charge in [-0.25, -0.2) is 0 Å². The topological polar surface area (TPSA) is 30.5 Å². The van der Waals surface area contributed by atoms with Gasteiger partial charge in [-0.05, 0) is 25.8 Å². The molecule has 0 saturated carbocycles. The number of ether oxygens (including phenoxy) is 2. The molecule has 0 aliphatic heterocycles. The minimum Gasteiger partial charge on any atom is -0.380 e. The normalized spacial score (nSPS) is 11.2. The Hall–Kier alpha value is -0.120. The van der Waals surface area contributed by atoms with E-state index < -0.39 is 0 Å². The molecule has 0 saturated heterocycles. The van der Waals surface area contributed by atoms with Crippen molar-refractivity contribution < 1.29 is 9.47 Å². The van der Waals surface area contributed by atoms with Crippen molar-refractivity contribution in [1.82, 2.24) is 5.32 Å². The Balaban J connectivity index is 3.53. The summed E-state index contributed by atoms with van der Waals surface area (Å²) in [6, 6.07) is 0.350. The van der Waals surface area contributed by atoms with E-state index in [1.54, 1.807) is 0 Å². The average Bonchev–Trinajstić information content (AvgIpc) is 2.25. The summed E-state index contributed by atoms with van der Waals surface area (Å²) in [5.74, 6) is 0. The molecule has 0 heterocycles. The zero-order valence-corrected chi connectivity index (χ0v) is 10.6. The fourth-order valence-electron chi connectivity index (χ4n) is 1.25. The molecule has 0 aliphatic carbocycles. The third kappa shape index (κ3) is 10.2. The van der Waals surface area contributed by atoms with Gasteiger partial charge in [-0.2, -0.15) is 0 Å². The lowest BCUT2D eigenvalue weighted by Gasteiger charge is -2.18. The summed E-state index contributed by atoms with van der Waals surface area (Å²) >= 11 is 0. The van der Waals surface area contributed by atoms with E-state index in [0.717, 1.165) is 52.2 Å². The second kappa shape index (κ2) is 12.0. The molecule has 0 aromatic carbocycles. The lowest BCUT2D eigenvalue weighted by Crippen LogP contribution is -2.38. The van der Waals surface area contributed by atoms with Crippen molar-refractivity contribution in [3.05, 3.63) is 0 Å². The molecule has 3 nitrogen and oxygen atoms in total. The Morgan fingerprint density at radius 2 is 1.40 bits per heavy atom. The van der Waals surface area contributed by atoms with Crippen LogP contribution in [0.25, 0.3) is 0 Å². The summed E-state index contributed by atoms with van der Waals surface area (Å²) in [5, 5.41) is 3.44. The van der Waals surface area contributed by atoms with E-state index in [1.807, 2.05) is 0 Å². The molecule has 1 N–H and O–H groups in total. The predicted molar refractivity (Wildman–Crippen MR) is 64.3 cm³/mol. The molecule has 0 unspecified atom stereocenters. The molecule has 0 bridgehead atoms. The highest BCUT2D eigenvalue weighted by Gasteiger charge is 2.07. The van der Waals surface area contributed by atoms with Gasteiger partial charge >= 0.3 is 0 Å². The minimum atomic E-state index is 0.350. The van der Waals surface area contributed by atoms with Crippen LogP contribution in [0.15, 0.2) is 0 Å². The predicted octanol–water partition coefficient (Wildman–Crippen LogP) is 2.21. The van der Waals surface area contributed by atoms with Gasteiger partial charge in [0.1, 0.15) is 0 Å². The van der Waals surface area contributed by atoms with Crippen molar-refractivity contribution in [2.75, 3.05) is 33.0 Å². The number of hydrogen-bond donors (Lipinski definition) is 1. The lowest BCUT2D eigenvalue weighted by atomic mass is 10.3. The van der Waals surface area contributed by atoms with Gasteiger partial charge in [0.25, 0.3) is 0 Å². The Morgan fingerprint density at radius 3 is 1.80 bits per heavy atom. The van der Waals surface area contributed by atoms with Crippen LogP contribution in [0.3, 0.4) is 0 Å². The van der Waals surface area contributed by atoms with Gasteiger partial charge in [0.05, 0.1) is 19.3 Å². The summed E-state index contributed by atoms with van der Waals surface area (Å²) in [6.07, 6.45) is 3.31. The van der Waals surface area contributed by atoms with E-state index in [9.17, 15) is 0 Å². The Kier molecular flexibility index (Phi) is 11.9. The van der Waals surface area contributed by atoms with Gasteiger partial charge in [-0.3, -0.25) is 0 Å². The van der Waals surface area contributed by atoms with Crippen molar-refractivity contribution in [3.63, 3.8) is 0 Å². The monoisotopic (exact) mass is 217 g/mol. The van der Waals surface area contributed by atoms with Crippen molar-refractivity contribution in [2.45, 2.75) is 46.1 Å². The molecular formula is C12H27NO2. The molecule has 92 valence electrons. The molecule has 0 spiro atoms. The maximum atomic E-state index is 5.53. The van der Waals surface area contributed by atoms with Crippen LogP contribution in [-0.4, -0.2) is 39.0 Å². The summed E-state index contributed by atoms with van der Waals surface area (Å²) in [6.45, 7) is 10.7. The fraction of sp³-hybridized carbons (Fsp3) is 1.00. The zero-order valence-electron chi connectivity index (χ0n) is 10.6. The third-order valence-electron chi connectivity index (χ3n) is 2.02. The lowest BCUT2D eigenvalue weighted by molar-refractivity contribution is 0.0561. The Morgan fingerprint density at radius 1 is 0.867 bits per heavy atom. The molecule has 0 fully saturated rings. The highest BCUT2D eigenvalue weighted by atomic mass is 16.5. The van der Waals surface area contributed by atoms with Crippen LogP contribution in [-0.2, 0) is 9.47 Å². The first-order valence-electron chi connectivity index (χ1n) is 6.23. The van der Waals surface area contributed by atoms with Crippen LogP contribution in [0.4, 0.5) is 0 Å². The van der Waals surface area contributed by atoms with Crippen molar-refractivity contribution in [1.29, 1.82) is 0 Å². The first-order valence-corrected chi connectivity index (χ1v) is 6.23. The van der Waals surface area contributed by atoms with Gasteiger partial charge in [0.15, 0.2) is 0 Å². The zero-order chi connectivity index (χ0) is 11.4. The summed E-state index contributed by atoms with van der Waals surface area (Å²) in [7, 11) is 0. The van der Waals surface area contributed by atoms with Gasteiger partial charge in [-0.1, -0.05) is 20.8 Å². The Labute approximate surface area is 94.5 Å². The smallest absolute Gasteiger partial charge is 0.0642 e. The maximum absolute atomic E-state index is 5.53. The highest BCUT2D eigenvalue weighted by Crippen LogP contribution is 1.92. The molecular weight excluding hydrogens is 190 g/mol. The second-order valence-electron chi connectivity index (χ2n) is 3.80. The quantitative estimate of drug-likeness (QED) is 0.538. The molecule has 0 aromatic rings. The van der Waals surface area contributed by atoms with E-state index in [1.165, 1.54) is 0 Å². The first kappa shape index (κ1) is 14.9. The van der Waals surface area contributed by atoms with Gasteiger partial charge < -0.3 is 14.8 Å². The number of hydrogen-bond acceptors (Lipinski definition) is 3. The van der Waals surface area contributed by atoms with Crippen LogP contribution in [0.2, 0.25) is 0 Å². The van der Waals surface area contributed by atoms with Gasteiger partial charge in [0.2, 0.25) is 0 Å². The van der Waals surface area contributed by atoms with E-state index >= 15 is 0 Å². The van der Waals surface area contributed by atoms with E-state index in [-0.39, 0.29) is 0 Å². The van der Waals surface area contributed by atoms with Crippen molar-refractivity contribution in [3.8, 4) is 0 Å². The van der Waals surface area contributed by atoms with Crippen molar-refractivity contribution in [2.24, 2.45) is 0 Å². The van der Waals surface area contributed by atoms with E-state index in [4.69, 9.17) is 9.47 Å². The standard InChI is InChI=1S/C12H27NO2/c1-4-7-13-12(10-14-8-5-2)11-15-9-6-3/h12-13H,4-11H2,1-3H3. The van der Waals surface area contributed by atoms with Crippen molar-refractivity contribution >= 4 is 0 Å². The van der Waals surface area contributed by atoms with Crippen LogP contribution < -0.4 is 5.32 Å². The molecule has 0 amide bonds. The van der Waals surface area contributed by atoms with Crippen LogP contribution >= 0.6 is 0 Å². The molecule has 0 aliphatic rings. The summed E-state index contributed by atoms with van der Waals surface area (Å²) < 4.78 is 11.1. The van der Waals surface area contributed by atoms with Crippen LogP contribution in [0.5, 0.6) is 0 Å². The molecule has 0 aromatic heterocycles. The summed E-state index contributed by atoms with van der Waals surface area (Å²) in [5.41, 5.74) is 0. The highest BCUT2D eigenvalue weighted by molar-refractivity contribution is 4.64. The average molecular weight is 217 g/mol. The largest absolute Gasteiger partial charge is 0.380 e. The van der Waals surface area contributed by atoms with E-state index in [2.05, 4.69) is 26.1 Å². The van der Waals surface area contributed by atoms with E-state index in [0.29, 0.717) is 6.04 Å². The van der Waals surface area contributed by atoms with Gasteiger partial charge in [-0.15, -0.1) is 0 Å². The SMILES string of the molecule is CCCNC(COCCC)COCCC. The molecule has 3 heteroatoms. The number of rotatable bonds is 11. The molecule has 15 heavy (non-hydrogen) atoms. The Bertz CT molecular complexity index is 110. The molecule has 0 rings (SSSR count). The maximum Gasteiger partial charge on any atom is 0.0642 e. The second-order valence-corrected chi connectivity index (χ2v) is 3.80. The van der Waals surface area contributed by atoms with Gasteiger partial charge in [0, 0.05) is 13.2 Å². The molecule has 0 radical (unpaired) electrons. The first-order chi connectivity index (χ1) is 7.35. The minimum absolute atomic E-state index is 0.350. The fourth-order valence-corrected chi connectivity index (χ4v) is 1.25.